The lowest BCUT2D eigenvalue weighted by atomic mass is 9.97. The summed E-state index contributed by atoms with van der Waals surface area (Å²) in [7, 11) is 0. The lowest BCUT2D eigenvalue weighted by Gasteiger charge is -2.25. The molecule has 3 N–H and O–H groups in total. The van der Waals surface area contributed by atoms with Gasteiger partial charge >= 0.3 is 0 Å². The molecule has 5 nitrogen and oxygen atoms in total. The molecule has 0 saturated heterocycles. The molecule has 2 atom stereocenters. The number of nitrogens with zero attached hydrogens (tertiary/aromatic N) is 1. The molecular weight excluding hydrogens is 448 g/mol. The number of amides is 1. The first-order valence-electron chi connectivity index (χ1n) is 12.1. The molecule has 7 heteroatoms. The largest absolute Gasteiger partial charge is 0.391 e. The Morgan fingerprint density at radius 3 is 2.63 bits per heavy atom. The minimum atomic E-state index is -0.911. The zero-order valence-corrected chi connectivity index (χ0v) is 19.8. The molecule has 4 aromatic rings. The van der Waals surface area contributed by atoms with Crippen LogP contribution >= 0.6 is 0 Å². The minimum absolute atomic E-state index is 0.0986. The highest BCUT2D eigenvalue weighted by Gasteiger charge is 2.23. The number of benzene rings is 2. The molecule has 0 saturated carbocycles. The summed E-state index contributed by atoms with van der Waals surface area (Å²) >= 11 is 0. The smallest absolute Gasteiger partial charge is 0.251 e. The van der Waals surface area contributed by atoms with Crippen molar-refractivity contribution in [1.82, 2.24) is 14.9 Å². The maximum atomic E-state index is 13.8. The van der Waals surface area contributed by atoms with Crippen LogP contribution in [0.1, 0.15) is 47.8 Å². The molecule has 0 aliphatic rings. The molecule has 2 heterocycles. The zero-order chi connectivity index (χ0) is 24.8. The third-order valence-electron chi connectivity index (χ3n) is 6.32. The first-order chi connectivity index (χ1) is 16.9. The van der Waals surface area contributed by atoms with Crippen molar-refractivity contribution in [3.8, 4) is 0 Å². The molecule has 4 rings (SSSR count). The number of nitrogens with one attached hydrogen (secondary N) is 2. The number of hydrogen-bond donors (Lipinski definition) is 3. The Morgan fingerprint density at radius 1 is 1.11 bits per heavy atom. The van der Waals surface area contributed by atoms with Gasteiger partial charge < -0.3 is 20.0 Å². The highest BCUT2D eigenvalue weighted by Crippen LogP contribution is 2.20. The van der Waals surface area contributed by atoms with Crippen LogP contribution in [0, 0.1) is 11.6 Å². The number of rotatable bonds is 11. The van der Waals surface area contributed by atoms with Gasteiger partial charge in [-0.3, -0.25) is 4.79 Å². The number of carbonyl (C=O) groups is 1. The van der Waals surface area contributed by atoms with Gasteiger partial charge in [0, 0.05) is 41.8 Å². The van der Waals surface area contributed by atoms with Crippen molar-refractivity contribution in [2.45, 2.75) is 57.7 Å². The van der Waals surface area contributed by atoms with Gasteiger partial charge in [0.15, 0.2) is 0 Å². The van der Waals surface area contributed by atoms with Gasteiger partial charge in [-0.05, 0) is 79.1 Å². The van der Waals surface area contributed by atoms with Crippen molar-refractivity contribution in [1.29, 1.82) is 0 Å². The summed E-state index contributed by atoms with van der Waals surface area (Å²) in [6.07, 6.45) is 6.09. The lowest BCUT2D eigenvalue weighted by molar-refractivity contribution is 0.0814. The average Bonchev–Trinajstić information content (AvgIpc) is 3.49. The Labute approximate surface area is 203 Å². The fourth-order valence-corrected chi connectivity index (χ4v) is 4.39. The normalized spacial score (nSPS) is 13.1. The van der Waals surface area contributed by atoms with E-state index in [0.717, 1.165) is 42.0 Å². The molecule has 1 amide bonds. The Hall–Kier alpha value is -3.45. The van der Waals surface area contributed by atoms with E-state index >= 15 is 0 Å². The van der Waals surface area contributed by atoms with Gasteiger partial charge in [-0.25, -0.2) is 8.78 Å². The van der Waals surface area contributed by atoms with Gasteiger partial charge in [-0.2, -0.15) is 0 Å². The SMILES string of the molecule is CCCCn1ccc2ccc(C(=O)NC(Cc3cc(F)cc(F)c3)C(O)CCc3ccc[nH]3)cc21. The van der Waals surface area contributed by atoms with Gasteiger partial charge in [-0.15, -0.1) is 0 Å². The number of hydrogen-bond acceptors (Lipinski definition) is 2. The van der Waals surface area contributed by atoms with Gasteiger partial charge in [0.25, 0.3) is 5.91 Å². The van der Waals surface area contributed by atoms with Crippen LogP contribution in [0.15, 0.2) is 67.0 Å². The minimum Gasteiger partial charge on any atom is -0.391 e. The summed E-state index contributed by atoms with van der Waals surface area (Å²) in [5, 5.41) is 14.9. The predicted octanol–water partition coefficient (Wildman–Crippen LogP) is 5.38. The van der Waals surface area contributed by atoms with E-state index in [9.17, 15) is 18.7 Å². The fourth-order valence-electron chi connectivity index (χ4n) is 4.39. The van der Waals surface area contributed by atoms with E-state index < -0.39 is 23.8 Å². The first kappa shape index (κ1) is 24.7. The van der Waals surface area contributed by atoms with E-state index in [1.54, 1.807) is 6.07 Å². The molecule has 184 valence electrons. The van der Waals surface area contributed by atoms with Crippen molar-refractivity contribution in [3.05, 3.63) is 95.4 Å². The van der Waals surface area contributed by atoms with Crippen molar-refractivity contribution in [2.24, 2.45) is 0 Å². The highest BCUT2D eigenvalue weighted by molar-refractivity contribution is 5.98. The number of H-pyrrole nitrogens is 1. The van der Waals surface area contributed by atoms with Crippen molar-refractivity contribution in [2.75, 3.05) is 0 Å². The number of fused-ring (bicyclic) bond motifs is 1. The first-order valence-corrected chi connectivity index (χ1v) is 12.1. The molecule has 0 radical (unpaired) electrons. The fraction of sp³-hybridized carbons (Fsp3) is 0.321. The monoisotopic (exact) mass is 479 g/mol. The molecule has 0 bridgehead atoms. The Bertz CT molecular complexity index is 1250. The number of aromatic nitrogens is 2. The van der Waals surface area contributed by atoms with Gasteiger partial charge in [-0.1, -0.05) is 19.4 Å². The van der Waals surface area contributed by atoms with Crippen LogP contribution in [0.25, 0.3) is 10.9 Å². The summed E-state index contributed by atoms with van der Waals surface area (Å²) in [6.45, 7) is 3.01. The molecule has 0 fully saturated rings. The Balaban J connectivity index is 1.54. The summed E-state index contributed by atoms with van der Waals surface area (Å²) in [6, 6.07) is 13.9. The number of halogens is 2. The summed E-state index contributed by atoms with van der Waals surface area (Å²) in [5.74, 6) is -1.72. The molecule has 2 aromatic heterocycles. The van der Waals surface area contributed by atoms with Crippen LogP contribution in [0.2, 0.25) is 0 Å². The predicted molar refractivity (Wildman–Crippen MR) is 133 cm³/mol. The van der Waals surface area contributed by atoms with Crippen molar-refractivity contribution >= 4 is 16.8 Å². The molecule has 0 aliphatic carbocycles. The topological polar surface area (TPSA) is 70.1 Å². The van der Waals surface area contributed by atoms with Gasteiger partial charge in [0.1, 0.15) is 11.6 Å². The maximum absolute atomic E-state index is 13.8. The number of carbonyl (C=O) groups excluding carboxylic acids is 1. The summed E-state index contributed by atoms with van der Waals surface area (Å²) < 4.78 is 29.7. The molecule has 2 aromatic carbocycles. The van der Waals surface area contributed by atoms with E-state index in [1.807, 2.05) is 42.7 Å². The second-order valence-corrected chi connectivity index (χ2v) is 9.00. The molecule has 0 spiro atoms. The quantitative estimate of drug-likeness (QED) is 0.270. The molecule has 2 unspecified atom stereocenters. The Morgan fingerprint density at radius 2 is 1.91 bits per heavy atom. The maximum Gasteiger partial charge on any atom is 0.251 e. The zero-order valence-electron chi connectivity index (χ0n) is 19.8. The number of aliphatic hydroxyl groups excluding tert-OH is 1. The number of aliphatic hydroxyl groups is 1. The molecule has 0 aliphatic heterocycles. The third kappa shape index (κ3) is 6.36. The van der Waals surface area contributed by atoms with Crippen LogP contribution < -0.4 is 5.32 Å². The summed E-state index contributed by atoms with van der Waals surface area (Å²) in [5.41, 5.74) is 2.78. The van der Waals surface area contributed by atoms with E-state index in [2.05, 4.69) is 21.8 Å². The molecular formula is C28H31F2N3O2. The second-order valence-electron chi connectivity index (χ2n) is 9.00. The number of unbranched alkanes of at least 4 members (excludes halogenated alkanes) is 1. The van der Waals surface area contributed by atoms with E-state index in [1.165, 1.54) is 12.1 Å². The lowest BCUT2D eigenvalue weighted by Crippen LogP contribution is -2.45. The number of aromatic amines is 1. The van der Waals surface area contributed by atoms with Crippen LogP contribution in [-0.2, 0) is 19.4 Å². The Kier molecular flexibility index (Phi) is 7.98. The number of aryl methyl sites for hydroxylation is 2. The van der Waals surface area contributed by atoms with Crippen LogP contribution in [0.5, 0.6) is 0 Å². The van der Waals surface area contributed by atoms with Crippen molar-refractivity contribution in [3.63, 3.8) is 0 Å². The third-order valence-corrected chi connectivity index (χ3v) is 6.32. The van der Waals surface area contributed by atoms with Crippen LogP contribution in [0.3, 0.4) is 0 Å². The average molecular weight is 480 g/mol. The van der Waals surface area contributed by atoms with E-state index in [4.69, 9.17) is 0 Å². The molecule has 35 heavy (non-hydrogen) atoms. The standard InChI is InChI=1S/C28H31F2N3O2/c1-2-3-12-33-13-10-20-6-7-21(17-26(20)33)28(35)32-25(16-19-14-22(29)18-23(30)15-19)27(34)9-8-24-5-4-11-31-24/h4-7,10-11,13-15,17-18,25,27,31,34H,2-3,8-9,12,16H2,1H3,(H,32,35). The van der Waals surface area contributed by atoms with E-state index in [-0.39, 0.29) is 12.3 Å². The van der Waals surface area contributed by atoms with Crippen LogP contribution in [-0.4, -0.2) is 32.7 Å². The van der Waals surface area contributed by atoms with E-state index in [0.29, 0.717) is 24.0 Å². The van der Waals surface area contributed by atoms with Gasteiger partial charge in [0.05, 0.1) is 12.1 Å². The van der Waals surface area contributed by atoms with Gasteiger partial charge in [0.2, 0.25) is 0 Å². The second kappa shape index (κ2) is 11.3. The van der Waals surface area contributed by atoms with Crippen molar-refractivity contribution < 1.29 is 18.7 Å². The summed E-state index contributed by atoms with van der Waals surface area (Å²) in [4.78, 5) is 16.3. The van der Waals surface area contributed by atoms with Crippen LogP contribution in [0.4, 0.5) is 8.78 Å². The highest BCUT2D eigenvalue weighted by atomic mass is 19.1.